The molecule has 0 atom stereocenters. The normalized spacial score (nSPS) is 12.0. The summed E-state index contributed by atoms with van der Waals surface area (Å²) in [5.41, 5.74) is 0. The molecule has 0 fully saturated rings. The van der Waals surface area contributed by atoms with E-state index < -0.39 is 0 Å². The predicted molar refractivity (Wildman–Crippen MR) is 80.7 cm³/mol. The SMILES string of the molecule is CCCCCCCCCC[N+](C)(C)COCCC. The average molecular weight is 258 g/mol. The van der Waals surface area contributed by atoms with Crippen LogP contribution in [0.4, 0.5) is 0 Å². The molecule has 0 aromatic rings. The molecule has 0 aliphatic rings. The minimum Gasteiger partial charge on any atom is -0.332 e. The van der Waals surface area contributed by atoms with Gasteiger partial charge in [-0.15, -0.1) is 0 Å². The maximum Gasteiger partial charge on any atom is 0.182 e. The number of unbranched alkanes of at least 4 members (excludes halogenated alkanes) is 7. The van der Waals surface area contributed by atoms with Gasteiger partial charge in [-0.2, -0.15) is 0 Å². The zero-order valence-corrected chi connectivity index (χ0v) is 13.3. The van der Waals surface area contributed by atoms with Crippen molar-refractivity contribution < 1.29 is 9.22 Å². The van der Waals surface area contributed by atoms with Gasteiger partial charge in [0.2, 0.25) is 0 Å². The molecule has 2 nitrogen and oxygen atoms in total. The molecule has 18 heavy (non-hydrogen) atoms. The molecule has 0 N–H and O–H groups in total. The first-order valence-corrected chi connectivity index (χ1v) is 8.02. The number of hydrogen-bond acceptors (Lipinski definition) is 1. The summed E-state index contributed by atoms with van der Waals surface area (Å²) in [6, 6.07) is 0. The van der Waals surface area contributed by atoms with Gasteiger partial charge in [0.1, 0.15) is 0 Å². The summed E-state index contributed by atoms with van der Waals surface area (Å²) in [5, 5.41) is 0. The lowest BCUT2D eigenvalue weighted by Crippen LogP contribution is -2.42. The molecule has 0 bridgehead atoms. The van der Waals surface area contributed by atoms with Crippen LogP contribution in [0.2, 0.25) is 0 Å². The van der Waals surface area contributed by atoms with E-state index in [1.165, 1.54) is 57.9 Å². The van der Waals surface area contributed by atoms with Gasteiger partial charge in [-0.05, 0) is 19.3 Å². The van der Waals surface area contributed by atoms with Gasteiger partial charge >= 0.3 is 0 Å². The first-order valence-electron chi connectivity index (χ1n) is 8.02. The molecule has 0 aliphatic carbocycles. The van der Waals surface area contributed by atoms with Crippen molar-refractivity contribution >= 4 is 0 Å². The minimum absolute atomic E-state index is 0.865. The van der Waals surface area contributed by atoms with Gasteiger partial charge in [0.25, 0.3) is 0 Å². The van der Waals surface area contributed by atoms with Crippen molar-refractivity contribution in [1.82, 2.24) is 0 Å². The molecule has 0 heterocycles. The lowest BCUT2D eigenvalue weighted by Gasteiger charge is -2.29. The minimum atomic E-state index is 0.865. The largest absolute Gasteiger partial charge is 0.332 e. The van der Waals surface area contributed by atoms with Crippen LogP contribution < -0.4 is 0 Å². The van der Waals surface area contributed by atoms with E-state index in [4.69, 9.17) is 4.74 Å². The summed E-state index contributed by atoms with van der Waals surface area (Å²) in [6.07, 6.45) is 12.3. The van der Waals surface area contributed by atoms with Crippen molar-refractivity contribution in [1.29, 1.82) is 0 Å². The van der Waals surface area contributed by atoms with Crippen LogP contribution in [0.25, 0.3) is 0 Å². The van der Waals surface area contributed by atoms with E-state index in [-0.39, 0.29) is 0 Å². The molecule has 0 unspecified atom stereocenters. The van der Waals surface area contributed by atoms with Crippen LogP contribution in [0.5, 0.6) is 0 Å². The van der Waals surface area contributed by atoms with Crippen LogP contribution in [0.15, 0.2) is 0 Å². The molecule has 0 aliphatic heterocycles. The third-order valence-electron chi connectivity index (χ3n) is 3.41. The second kappa shape index (κ2) is 12.0. The quantitative estimate of drug-likeness (QED) is 0.267. The van der Waals surface area contributed by atoms with Gasteiger partial charge in [0.05, 0.1) is 27.2 Å². The molecule has 0 aromatic heterocycles. The Labute approximate surface area is 115 Å². The Morgan fingerprint density at radius 3 is 1.83 bits per heavy atom. The second-order valence-corrected chi connectivity index (χ2v) is 6.17. The van der Waals surface area contributed by atoms with Crippen LogP contribution in [0.1, 0.15) is 71.6 Å². The fourth-order valence-electron chi connectivity index (χ4n) is 2.19. The topological polar surface area (TPSA) is 9.23 Å². The van der Waals surface area contributed by atoms with E-state index in [1.807, 2.05) is 0 Å². The zero-order chi connectivity index (χ0) is 13.7. The van der Waals surface area contributed by atoms with Crippen molar-refractivity contribution in [2.75, 3.05) is 34.0 Å². The Bertz CT molecular complexity index is 168. The van der Waals surface area contributed by atoms with Gasteiger partial charge in [0, 0.05) is 0 Å². The highest BCUT2D eigenvalue weighted by Gasteiger charge is 2.13. The van der Waals surface area contributed by atoms with E-state index >= 15 is 0 Å². The highest BCUT2D eigenvalue weighted by atomic mass is 16.5. The van der Waals surface area contributed by atoms with Crippen molar-refractivity contribution in [3.63, 3.8) is 0 Å². The van der Waals surface area contributed by atoms with Gasteiger partial charge < -0.3 is 9.22 Å². The van der Waals surface area contributed by atoms with Crippen molar-refractivity contribution in [2.24, 2.45) is 0 Å². The predicted octanol–water partition coefficient (Wildman–Crippen LogP) is 4.59. The summed E-state index contributed by atoms with van der Waals surface area (Å²) in [5.74, 6) is 0. The monoisotopic (exact) mass is 258 g/mol. The standard InChI is InChI=1S/C16H36NO/c1-5-7-8-9-10-11-12-13-14-17(3,4)16-18-15-6-2/h5-16H2,1-4H3/q+1. The van der Waals surface area contributed by atoms with E-state index in [9.17, 15) is 0 Å². The van der Waals surface area contributed by atoms with E-state index in [0.29, 0.717) is 0 Å². The van der Waals surface area contributed by atoms with Crippen LogP contribution in [0, 0.1) is 0 Å². The molecule has 2 heteroatoms. The maximum atomic E-state index is 5.64. The van der Waals surface area contributed by atoms with Gasteiger partial charge in [-0.1, -0.05) is 52.4 Å². The average Bonchev–Trinajstić information content (AvgIpc) is 2.33. The van der Waals surface area contributed by atoms with Gasteiger partial charge in [-0.25, -0.2) is 0 Å². The van der Waals surface area contributed by atoms with Crippen LogP contribution in [0.3, 0.4) is 0 Å². The van der Waals surface area contributed by atoms with Crippen LogP contribution >= 0.6 is 0 Å². The van der Waals surface area contributed by atoms with Crippen LogP contribution in [-0.4, -0.2) is 38.5 Å². The van der Waals surface area contributed by atoms with Gasteiger partial charge in [-0.3, -0.25) is 0 Å². The maximum absolute atomic E-state index is 5.64. The lowest BCUT2D eigenvalue weighted by molar-refractivity contribution is -0.909. The Kier molecular flexibility index (Phi) is 11.9. The molecule has 0 amide bonds. The molecule has 110 valence electrons. The molecule has 0 aromatic carbocycles. The van der Waals surface area contributed by atoms with Crippen molar-refractivity contribution in [3.05, 3.63) is 0 Å². The number of quaternary nitrogens is 1. The number of nitrogens with zero attached hydrogens (tertiary/aromatic N) is 1. The molecule has 0 rings (SSSR count). The molecular weight excluding hydrogens is 222 g/mol. The Morgan fingerprint density at radius 2 is 1.28 bits per heavy atom. The molecule has 0 saturated carbocycles. The van der Waals surface area contributed by atoms with E-state index in [2.05, 4.69) is 27.9 Å². The van der Waals surface area contributed by atoms with Crippen molar-refractivity contribution in [2.45, 2.75) is 71.6 Å². The summed E-state index contributed by atoms with van der Waals surface area (Å²) in [6.45, 7) is 7.46. The molecule has 0 radical (unpaired) electrons. The second-order valence-electron chi connectivity index (χ2n) is 6.17. The lowest BCUT2D eigenvalue weighted by atomic mass is 10.1. The molecular formula is C16H36NO+. The smallest absolute Gasteiger partial charge is 0.182 e. The highest BCUT2D eigenvalue weighted by Crippen LogP contribution is 2.10. The number of rotatable bonds is 13. The summed E-state index contributed by atoms with van der Waals surface area (Å²) >= 11 is 0. The molecule has 0 spiro atoms. The summed E-state index contributed by atoms with van der Waals surface area (Å²) in [7, 11) is 4.55. The fourth-order valence-corrected chi connectivity index (χ4v) is 2.19. The first kappa shape index (κ1) is 17.9. The van der Waals surface area contributed by atoms with E-state index in [0.717, 1.165) is 24.2 Å². The van der Waals surface area contributed by atoms with E-state index in [1.54, 1.807) is 0 Å². The van der Waals surface area contributed by atoms with Crippen LogP contribution in [-0.2, 0) is 4.74 Å². The Morgan fingerprint density at radius 1 is 0.722 bits per heavy atom. The third kappa shape index (κ3) is 12.4. The summed E-state index contributed by atoms with van der Waals surface area (Å²) in [4.78, 5) is 0. The Hall–Kier alpha value is -0.0800. The first-order chi connectivity index (χ1) is 8.62. The molecule has 0 saturated heterocycles. The summed E-state index contributed by atoms with van der Waals surface area (Å²) < 4.78 is 6.65. The van der Waals surface area contributed by atoms with Gasteiger partial charge in [0.15, 0.2) is 6.73 Å². The zero-order valence-electron chi connectivity index (χ0n) is 13.3. The third-order valence-corrected chi connectivity index (χ3v) is 3.41. The highest BCUT2D eigenvalue weighted by molar-refractivity contribution is 4.45. The fraction of sp³-hybridized carbons (Fsp3) is 1.00. The number of hydrogen-bond donors (Lipinski definition) is 0. The Balaban J connectivity index is 3.30. The van der Waals surface area contributed by atoms with Crippen molar-refractivity contribution in [3.8, 4) is 0 Å². The number of ether oxygens (including phenoxy) is 1.